The van der Waals surface area contributed by atoms with Crippen LogP contribution in [0.2, 0.25) is 0 Å². The molecule has 0 aliphatic rings. The Morgan fingerprint density at radius 2 is 1.94 bits per heavy atom. The van der Waals surface area contributed by atoms with Gasteiger partial charge in [0.05, 0.1) is 6.54 Å². The van der Waals surface area contributed by atoms with Crippen molar-refractivity contribution in [3.63, 3.8) is 0 Å². The van der Waals surface area contributed by atoms with Crippen LogP contribution in [0.1, 0.15) is 12.5 Å². The Hall–Kier alpha value is -2.43. The molecule has 1 rings (SSSR count). The predicted octanol–water partition coefficient (Wildman–Crippen LogP) is 0.778. The second-order valence-electron chi connectivity index (χ2n) is 3.53. The molecule has 18 heavy (non-hydrogen) atoms. The third-order valence-corrected chi connectivity index (χ3v) is 2.03. The Labute approximate surface area is 105 Å². The van der Waals surface area contributed by atoms with E-state index in [-0.39, 0.29) is 6.54 Å². The van der Waals surface area contributed by atoms with Crippen LogP contribution in [0.15, 0.2) is 36.4 Å². The average molecular weight is 246 g/mol. The van der Waals surface area contributed by atoms with E-state index in [1.165, 1.54) is 13.0 Å². The zero-order chi connectivity index (χ0) is 13.4. The molecule has 1 aromatic carbocycles. The first-order valence-corrected chi connectivity index (χ1v) is 5.39. The normalized spacial score (nSPS) is 10.1. The molecule has 0 saturated carbocycles. The van der Waals surface area contributed by atoms with E-state index in [9.17, 15) is 14.4 Å². The van der Waals surface area contributed by atoms with Crippen LogP contribution in [-0.2, 0) is 14.4 Å². The Morgan fingerprint density at radius 1 is 1.28 bits per heavy atom. The lowest BCUT2D eigenvalue weighted by Crippen LogP contribution is -2.45. The molecule has 0 aliphatic carbocycles. The van der Waals surface area contributed by atoms with Crippen LogP contribution in [0.4, 0.5) is 0 Å². The maximum absolute atomic E-state index is 11.7. The molecule has 94 valence electrons. The van der Waals surface area contributed by atoms with Gasteiger partial charge in [0, 0.05) is 13.0 Å². The summed E-state index contributed by atoms with van der Waals surface area (Å²) in [5, 5.41) is 0.953. The summed E-state index contributed by atoms with van der Waals surface area (Å²) in [4.78, 5) is 33.0. The van der Waals surface area contributed by atoms with Crippen LogP contribution in [0.25, 0.3) is 6.08 Å². The number of carbonyl (C=O) groups excluding carboxylic acids is 3. The third-order valence-electron chi connectivity index (χ3n) is 2.03. The summed E-state index contributed by atoms with van der Waals surface area (Å²) in [7, 11) is 0. The van der Waals surface area contributed by atoms with E-state index in [0.717, 1.165) is 10.6 Å². The van der Waals surface area contributed by atoms with Crippen molar-refractivity contribution < 1.29 is 14.4 Å². The Morgan fingerprint density at radius 3 is 2.50 bits per heavy atom. The molecular weight excluding hydrogens is 232 g/mol. The molecular formula is C13H14N2O3. The summed E-state index contributed by atoms with van der Waals surface area (Å²) in [6, 6.07) is 9.25. The lowest BCUT2D eigenvalue weighted by Gasteiger charge is -2.17. The zero-order valence-corrected chi connectivity index (χ0v) is 10.00. The van der Waals surface area contributed by atoms with Crippen molar-refractivity contribution in [3.8, 4) is 0 Å². The van der Waals surface area contributed by atoms with Gasteiger partial charge in [-0.25, -0.2) is 5.01 Å². The van der Waals surface area contributed by atoms with Crippen LogP contribution < -0.4 is 5.43 Å². The van der Waals surface area contributed by atoms with Crippen molar-refractivity contribution in [2.24, 2.45) is 0 Å². The number of rotatable bonds is 4. The van der Waals surface area contributed by atoms with E-state index in [0.29, 0.717) is 6.29 Å². The quantitative estimate of drug-likeness (QED) is 0.485. The second-order valence-corrected chi connectivity index (χ2v) is 3.53. The fourth-order valence-corrected chi connectivity index (χ4v) is 1.28. The maximum Gasteiger partial charge on any atom is 0.265 e. The van der Waals surface area contributed by atoms with Crippen molar-refractivity contribution in [1.82, 2.24) is 10.4 Å². The average Bonchev–Trinajstić information content (AvgIpc) is 2.36. The molecule has 0 atom stereocenters. The van der Waals surface area contributed by atoms with Gasteiger partial charge in [-0.15, -0.1) is 0 Å². The van der Waals surface area contributed by atoms with Gasteiger partial charge >= 0.3 is 0 Å². The standard InChI is InChI=1S/C13H14N2O3/c1-11(17)14-15(9-10-16)13(18)8-7-12-5-3-2-4-6-12/h2-8,10H,9H2,1H3,(H,14,17). The zero-order valence-electron chi connectivity index (χ0n) is 10.00. The molecule has 0 unspecified atom stereocenters. The van der Waals surface area contributed by atoms with Crippen LogP contribution in [0.5, 0.6) is 0 Å². The summed E-state index contributed by atoms with van der Waals surface area (Å²) in [6.45, 7) is 1.09. The summed E-state index contributed by atoms with van der Waals surface area (Å²) in [5.74, 6) is -0.862. The van der Waals surface area contributed by atoms with E-state index in [4.69, 9.17) is 0 Å². The highest BCUT2D eigenvalue weighted by molar-refractivity contribution is 5.93. The summed E-state index contributed by atoms with van der Waals surface area (Å²) in [5.41, 5.74) is 3.14. The summed E-state index contributed by atoms with van der Waals surface area (Å²) >= 11 is 0. The van der Waals surface area contributed by atoms with Gasteiger partial charge in [0.15, 0.2) is 0 Å². The van der Waals surface area contributed by atoms with Crippen molar-refractivity contribution in [1.29, 1.82) is 0 Å². The van der Waals surface area contributed by atoms with Crippen molar-refractivity contribution in [3.05, 3.63) is 42.0 Å². The highest BCUT2D eigenvalue weighted by Crippen LogP contribution is 2.01. The van der Waals surface area contributed by atoms with Gasteiger partial charge in [-0.3, -0.25) is 15.0 Å². The molecule has 0 saturated heterocycles. The molecule has 0 aromatic heterocycles. The lowest BCUT2D eigenvalue weighted by molar-refractivity contribution is -0.138. The number of nitrogens with zero attached hydrogens (tertiary/aromatic N) is 1. The number of carbonyl (C=O) groups is 3. The molecule has 0 radical (unpaired) electrons. The minimum absolute atomic E-state index is 0.183. The van der Waals surface area contributed by atoms with Gasteiger partial charge in [-0.2, -0.15) is 0 Å². The first-order valence-electron chi connectivity index (χ1n) is 5.39. The van der Waals surface area contributed by atoms with Gasteiger partial charge in [0.1, 0.15) is 6.29 Å². The number of aldehydes is 1. The highest BCUT2D eigenvalue weighted by Gasteiger charge is 2.10. The van der Waals surface area contributed by atoms with E-state index >= 15 is 0 Å². The van der Waals surface area contributed by atoms with Crippen LogP contribution in [0.3, 0.4) is 0 Å². The third kappa shape index (κ3) is 4.61. The largest absolute Gasteiger partial charge is 0.301 e. The monoisotopic (exact) mass is 246 g/mol. The molecule has 1 N–H and O–H groups in total. The number of hydrogen-bond acceptors (Lipinski definition) is 3. The smallest absolute Gasteiger partial charge is 0.265 e. The number of amides is 2. The predicted molar refractivity (Wildman–Crippen MR) is 67.1 cm³/mol. The minimum Gasteiger partial charge on any atom is -0.301 e. The van der Waals surface area contributed by atoms with E-state index < -0.39 is 11.8 Å². The van der Waals surface area contributed by atoms with E-state index in [1.807, 2.05) is 30.3 Å². The maximum atomic E-state index is 11.7. The highest BCUT2D eigenvalue weighted by atomic mass is 16.2. The molecule has 0 fully saturated rings. The van der Waals surface area contributed by atoms with Crippen LogP contribution in [-0.4, -0.2) is 29.7 Å². The van der Waals surface area contributed by atoms with E-state index in [2.05, 4.69) is 5.43 Å². The fourth-order valence-electron chi connectivity index (χ4n) is 1.28. The fraction of sp³-hybridized carbons (Fsp3) is 0.154. The molecule has 5 heteroatoms. The van der Waals surface area contributed by atoms with Gasteiger partial charge < -0.3 is 4.79 Å². The second kappa shape index (κ2) is 7.01. The first kappa shape index (κ1) is 13.6. The molecule has 0 aliphatic heterocycles. The number of benzene rings is 1. The Kier molecular flexibility index (Phi) is 5.31. The van der Waals surface area contributed by atoms with Gasteiger partial charge in [-0.05, 0) is 11.6 Å². The van der Waals surface area contributed by atoms with Crippen LogP contribution >= 0.6 is 0 Å². The minimum atomic E-state index is -0.457. The molecule has 2 amide bonds. The Balaban J connectivity index is 2.69. The molecule has 1 aromatic rings. The summed E-state index contributed by atoms with van der Waals surface area (Å²) in [6.07, 6.45) is 3.46. The van der Waals surface area contributed by atoms with Gasteiger partial charge in [-0.1, -0.05) is 30.3 Å². The molecule has 0 bridgehead atoms. The molecule has 0 heterocycles. The van der Waals surface area contributed by atoms with E-state index in [1.54, 1.807) is 6.08 Å². The first-order chi connectivity index (χ1) is 8.63. The molecule has 5 nitrogen and oxygen atoms in total. The van der Waals surface area contributed by atoms with Crippen LogP contribution in [0, 0.1) is 0 Å². The summed E-state index contributed by atoms with van der Waals surface area (Å²) < 4.78 is 0. The van der Waals surface area contributed by atoms with Gasteiger partial charge in [0.2, 0.25) is 5.91 Å². The Bertz CT molecular complexity index is 455. The lowest BCUT2D eigenvalue weighted by atomic mass is 10.2. The van der Waals surface area contributed by atoms with Crippen molar-refractivity contribution in [2.75, 3.05) is 6.54 Å². The van der Waals surface area contributed by atoms with Gasteiger partial charge in [0.25, 0.3) is 5.91 Å². The SMILES string of the molecule is CC(=O)NN(CC=O)C(=O)C=Cc1ccccc1. The van der Waals surface area contributed by atoms with Crippen molar-refractivity contribution in [2.45, 2.75) is 6.92 Å². The van der Waals surface area contributed by atoms with Crippen molar-refractivity contribution >= 4 is 24.2 Å². The topological polar surface area (TPSA) is 66.5 Å². The molecule has 0 spiro atoms. The number of hydrogen-bond donors (Lipinski definition) is 1. The number of nitrogens with one attached hydrogen (secondary N) is 1. The number of hydrazine groups is 1.